The summed E-state index contributed by atoms with van der Waals surface area (Å²) in [5, 5.41) is 0. The van der Waals surface area contributed by atoms with Crippen LogP contribution < -0.4 is 0 Å². The maximum Gasteiger partial charge on any atom is 0.307 e. The first kappa shape index (κ1) is 37.7. The Kier molecular flexibility index (Phi) is 11.2. The fourth-order valence-corrected chi connectivity index (χ4v) is 12.5. The standard InChI is InChI=1S/C42H70N2O4/c1-11-21-44(24-23-43(9)10)22-20-42-19-15-32-30(38(42)37(28(2)3)33(46)25-42)12-13-35-40(7)18-16-34(48-36(47)26-39(5,6)27-45)29(4)31(40)14-17-41(32,35)8/h27-32,34-35H,11-26H2,1-10H3. The van der Waals surface area contributed by atoms with Crippen LogP contribution in [0.1, 0.15) is 132 Å². The van der Waals surface area contributed by atoms with Gasteiger partial charge in [-0.1, -0.05) is 61.0 Å². The summed E-state index contributed by atoms with van der Waals surface area (Å²) in [7, 11) is 4.33. The van der Waals surface area contributed by atoms with E-state index in [0.717, 1.165) is 58.1 Å². The van der Waals surface area contributed by atoms with Crippen LogP contribution in [0.3, 0.4) is 0 Å². The van der Waals surface area contributed by atoms with Gasteiger partial charge in [-0.3, -0.25) is 9.59 Å². The summed E-state index contributed by atoms with van der Waals surface area (Å²) in [6, 6.07) is 0. The first-order valence-corrected chi connectivity index (χ1v) is 19.8. The molecule has 0 bridgehead atoms. The number of fused-ring (bicyclic) bond motifs is 7. The number of allylic oxidation sites excluding steroid dienone is 2. The molecule has 6 heteroatoms. The van der Waals surface area contributed by atoms with Gasteiger partial charge in [-0.2, -0.15) is 0 Å². The number of nitrogens with zero attached hydrogens (tertiary/aromatic N) is 2. The number of hydrogen-bond donors (Lipinski definition) is 0. The van der Waals surface area contributed by atoms with Crippen molar-refractivity contribution < 1.29 is 19.1 Å². The number of Topliss-reactive ketones (excluding diaryl/α,β-unsaturated/α-hetero) is 1. The van der Waals surface area contributed by atoms with Crippen LogP contribution in [0.4, 0.5) is 0 Å². The van der Waals surface area contributed by atoms with Crippen LogP contribution in [0, 0.1) is 57.2 Å². The number of rotatable bonds is 13. The van der Waals surface area contributed by atoms with E-state index in [0.29, 0.717) is 41.3 Å². The Morgan fingerprint density at radius 1 is 0.958 bits per heavy atom. The van der Waals surface area contributed by atoms with Crippen LogP contribution in [-0.2, 0) is 19.1 Å². The highest BCUT2D eigenvalue weighted by molar-refractivity contribution is 6.00. The van der Waals surface area contributed by atoms with Gasteiger partial charge in [-0.05, 0) is 143 Å². The lowest BCUT2D eigenvalue weighted by atomic mass is 9.38. The van der Waals surface area contributed by atoms with Gasteiger partial charge >= 0.3 is 5.97 Å². The highest BCUT2D eigenvalue weighted by atomic mass is 16.5. The van der Waals surface area contributed by atoms with E-state index in [1.165, 1.54) is 50.5 Å². The number of esters is 1. The molecule has 0 radical (unpaired) electrons. The molecular formula is C42H70N2O4. The molecule has 9 unspecified atom stereocenters. The summed E-state index contributed by atoms with van der Waals surface area (Å²) in [6.07, 6.45) is 13.4. The van der Waals surface area contributed by atoms with Gasteiger partial charge in [0.2, 0.25) is 0 Å². The van der Waals surface area contributed by atoms with E-state index in [2.05, 4.69) is 65.4 Å². The summed E-state index contributed by atoms with van der Waals surface area (Å²) in [5.41, 5.74) is 2.74. The molecule has 0 amide bonds. The highest BCUT2D eigenvalue weighted by Crippen LogP contribution is 2.72. The molecule has 0 aromatic carbocycles. The number of carbonyl (C=O) groups excluding carboxylic acids is 3. The third kappa shape index (κ3) is 6.89. The highest BCUT2D eigenvalue weighted by Gasteiger charge is 2.65. The van der Waals surface area contributed by atoms with E-state index in [9.17, 15) is 14.4 Å². The summed E-state index contributed by atoms with van der Waals surface area (Å²) in [6.45, 7) is 22.4. The Bertz CT molecular complexity index is 1240. The molecule has 0 aromatic rings. The van der Waals surface area contributed by atoms with Gasteiger partial charge in [-0.15, -0.1) is 0 Å². The molecule has 9 atom stereocenters. The minimum atomic E-state index is -0.678. The quantitative estimate of drug-likeness (QED) is 0.145. The van der Waals surface area contributed by atoms with Gasteiger partial charge in [0.25, 0.3) is 0 Å². The summed E-state index contributed by atoms with van der Waals surface area (Å²) in [4.78, 5) is 43.2. The largest absolute Gasteiger partial charge is 0.462 e. The minimum Gasteiger partial charge on any atom is -0.462 e. The molecule has 0 aromatic heterocycles. The summed E-state index contributed by atoms with van der Waals surface area (Å²) in [5.74, 6) is 3.25. The molecule has 0 spiro atoms. The topological polar surface area (TPSA) is 66.9 Å². The van der Waals surface area contributed by atoms with E-state index < -0.39 is 5.41 Å². The van der Waals surface area contributed by atoms with Crippen LogP contribution in [-0.4, -0.2) is 74.2 Å². The smallest absolute Gasteiger partial charge is 0.307 e. The van der Waals surface area contributed by atoms with Crippen molar-refractivity contribution in [2.45, 2.75) is 139 Å². The third-order valence-corrected chi connectivity index (χ3v) is 14.8. The van der Waals surface area contributed by atoms with Crippen molar-refractivity contribution >= 4 is 18.0 Å². The SMILES string of the molecule is CCCN(CCN(C)C)CCC12CCC3C(CCC4C3(C)CCC3C(C)C(OC(=O)CC(C)(C)C=O)CCC34C)C1=C(C(C)C)C(=O)C2. The summed E-state index contributed by atoms with van der Waals surface area (Å²) < 4.78 is 6.13. The lowest BCUT2D eigenvalue weighted by molar-refractivity contribution is -0.191. The van der Waals surface area contributed by atoms with Crippen molar-refractivity contribution in [3.05, 3.63) is 11.1 Å². The lowest BCUT2D eigenvalue weighted by Crippen LogP contribution is -2.60. The average molecular weight is 667 g/mol. The Balaban J connectivity index is 1.37. The third-order valence-electron chi connectivity index (χ3n) is 14.8. The number of ether oxygens (including phenoxy) is 1. The Morgan fingerprint density at radius 3 is 2.27 bits per heavy atom. The molecular weight excluding hydrogens is 596 g/mol. The number of ketones is 1. The zero-order valence-corrected chi connectivity index (χ0v) is 32.5. The first-order chi connectivity index (χ1) is 22.5. The molecule has 0 N–H and O–H groups in total. The maximum atomic E-state index is 14.0. The predicted octanol–water partition coefficient (Wildman–Crippen LogP) is 8.38. The minimum absolute atomic E-state index is 0.0534. The second-order valence-electron chi connectivity index (χ2n) is 19.0. The molecule has 4 saturated carbocycles. The van der Waals surface area contributed by atoms with Crippen molar-refractivity contribution in [2.75, 3.05) is 40.3 Å². The number of carbonyl (C=O) groups is 3. The monoisotopic (exact) mass is 667 g/mol. The Labute approximate surface area is 293 Å². The molecule has 5 rings (SSSR count). The Morgan fingerprint density at radius 2 is 1.62 bits per heavy atom. The van der Waals surface area contributed by atoms with Gasteiger partial charge in [0.05, 0.1) is 6.42 Å². The number of aldehydes is 1. The van der Waals surface area contributed by atoms with Crippen molar-refractivity contribution in [1.29, 1.82) is 0 Å². The van der Waals surface area contributed by atoms with Crippen LogP contribution >= 0.6 is 0 Å². The van der Waals surface area contributed by atoms with E-state index >= 15 is 0 Å². The summed E-state index contributed by atoms with van der Waals surface area (Å²) >= 11 is 0. The van der Waals surface area contributed by atoms with Crippen molar-refractivity contribution in [1.82, 2.24) is 9.80 Å². The molecule has 272 valence electrons. The first-order valence-electron chi connectivity index (χ1n) is 19.8. The van der Waals surface area contributed by atoms with Gasteiger partial charge in [0, 0.05) is 30.3 Å². The predicted molar refractivity (Wildman–Crippen MR) is 194 cm³/mol. The molecule has 5 aliphatic carbocycles. The fourth-order valence-electron chi connectivity index (χ4n) is 12.5. The fraction of sp³-hybridized carbons (Fsp3) is 0.881. The van der Waals surface area contributed by atoms with Crippen molar-refractivity contribution in [3.8, 4) is 0 Å². The van der Waals surface area contributed by atoms with E-state index in [-0.39, 0.29) is 34.7 Å². The molecule has 0 aliphatic heterocycles. The van der Waals surface area contributed by atoms with E-state index in [1.54, 1.807) is 5.57 Å². The zero-order chi connectivity index (χ0) is 35.2. The molecule has 4 fully saturated rings. The van der Waals surface area contributed by atoms with Gasteiger partial charge in [0.1, 0.15) is 12.4 Å². The van der Waals surface area contributed by atoms with Crippen molar-refractivity contribution in [3.63, 3.8) is 0 Å². The number of likely N-dealkylation sites (N-methyl/N-ethyl adjacent to an activating group) is 1. The second kappa shape index (κ2) is 14.2. The zero-order valence-electron chi connectivity index (χ0n) is 32.5. The average Bonchev–Trinajstić information content (AvgIpc) is 3.32. The molecule has 0 saturated heterocycles. The Hall–Kier alpha value is -1.53. The van der Waals surface area contributed by atoms with Crippen molar-refractivity contribution in [2.24, 2.45) is 57.2 Å². The normalized spacial score (nSPS) is 38.1. The van der Waals surface area contributed by atoms with Gasteiger partial charge in [0.15, 0.2) is 5.78 Å². The van der Waals surface area contributed by atoms with Crippen LogP contribution in [0.25, 0.3) is 0 Å². The molecule has 0 heterocycles. The van der Waals surface area contributed by atoms with Gasteiger partial charge in [-0.25, -0.2) is 0 Å². The lowest BCUT2D eigenvalue weighted by Gasteiger charge is -2.67. The maximum absolute atomic E-state index is 14.0. The van der Waals surface area contributed by atoms with E-state index in [4.69, 9.17) is 4.74 Å². The second-order valence-corrected chi connectivity index (χ2v) is 19.0. The van der Waals surface area contributed by atoms with Gasteiger partial charge < -0.3 is 19.3 Å². The molecule has 6 nitrogen and oxygen atoms in total. The van der Waals surface area contributed by atoms with Crippen LogP contribution in [0.15, 0.2) is 11.1 Å². The van der Waals surface area contributed by atoms with Crippen LogP contribution in [0.2, 0.25) is 0 Å². The van der Waals surface area contributed by atoms with Crippen LogP contribution in [0.5, 0.6) is 0 Å². The molecule has 48 heavy (non-hydrogen) atoms. The van der Waals surface area contributed by atoms with E-state index in [1.807, 2.05) is 13.8 Å². The number of hydrogen-bond acceptors (Lipinski definition) is 6. The molecule has 5 aliphatic rings.